The van der Waals surface area contributed by atoms with Gasteiger partial charge in [0.25, 0.3) is 10.0 Å². The summed E-state index contributed by atoms with van der Waals surface area (Å²) in [7, 11) is -3.61. The van der Waals surface area contributed by atoms with E-state index in [-0.39, 0.29) is 4.90 Å². The Morgan fingerprint density at radius 2 is 1.32 bits per heavy atom. The van der Waals surface area contributed by atoms with Crippen LogP contribution in [-0.2, 0) is 10.0 Å². The van der Waals surface area contributed by atoms with Gasteiger partial charge in [0.05, 0.1) is 4.90 Å². The van der Waals surface area contributed by atoms with Crippen molar-refractivity contribution >= 4 is 66.1 Å². The monoisotopic (exact) mass is 510 g/mol. The summed E-state index contributed by atoms with van der Waals surface area (Å²) >= 11 is 11.9. The Bertz CT molecular complexity index is 1590. The SMILES string of the molecule is Cc1ccc(S(=O)(=O)Nc2ccc3c(Cl)nccc3c2)cc1.Nc1ccc2c(Cl)nccc2c1. The van der Waals surface area contributed by atoms with Crippen LogP contribution in [0.5, 0.6) is 0 Å². The van der Waals surface area contributed by atoms with Crippen molar-refractivity contribution in [2.24, 2.45) is 0 Å². The number of benzene rings is 3. The number of nitrogens with two attached hydrogens (primary N) is 1. The number of aromatic nitrogens is 2. The highest BCUT2D eigenvalue weighted by Gasteiger charge is 2.14. The van der Waals surface area contributed by atoms with Crippen molar-refractivity contribution in [2.75, 3.05) is 10.5 Å². The summed E-state index contributed by atoms with van der Waals surface area (Å²) in [5.41, 5.74) is 7.84. The first-order valence-corrected chi connectivity index (χ1v) is 12.4. The molecule has 2 aromatic heterocycles. The summed E-state index contributed by atoms with van der Waals surface area (Å²) in [5.74, 6) is 0. The molecule has 34 heavy (non-hydrogen) atoms. The number of rotatable bonds is 3. The molecule has 0 bridgehead atoms. The molecule has 0 aliphatic carbocycles. The van der Waals surface area contributed by atoms with Gasteiger partial charge in [-0.25, -0.2) is 18.4 Å². The zero-order valence-electron chi connectivity index (χ0n) is 18.0. The molecule has 0 saturated carbocycles. The number of hydrogen-bond acceptors (Lipinski definition) is 5. The van der Waals surface area contributed by atoms with E-state index >= 15 is 0 Å². The second kappa shape index (κ2) is 9.85. The van der Waals surface area contributed by atoms with E-state index in [2.05, 4.69) is 14.7 Å². The molecule has 3 N–H and O–H groups in total. The molecule has 0 atom stereocenters. The molecule has 0 spiro atoms. The Balaban J connectivity index is 0.000000192. The van der Waals surface area contributed by atoms with E-state index in [9.17, 15) is 8.42 Å². The highest BCUT2D eigenvalue weighted by molar-refractivity contribution is 7.92. The van der Waals surface area contributed by atoms with Gasteiger partial charge in [-0.3, -0.25) is 4.72 Å². The predicted molar refractivity (Wildman–Crippen MR) is 140 cm³/mol. The topological polar surface area (TPSA) is 98.0 Å². The van der Waals surface area contributed by atoms with Crippen LogP contribution in [0.4, 0.5) is 11.4 Å². The number of nitrogens with one attached hydrogen (secondary N) is 1. The lowest BCUT2D eigenvalue weighted by Gasteiger charge is -2.09. The summed E-state index contributed by atoms with van der Waals surface area (Å²) in [6.07, 6.45) is 3.26. The third-order valence-corrected chi connectivity index (χ3v) is 7.04. The number of hydrogen-bond donors (Lipinski definition) is 2. The third kappa shape index (κ3) is 5.39. The molecule has 0 unspecified atom stereocenters. The second-order valence-electron chi connectivity index (χ2n) is 7.54. The fraction of sp³-hybridized carbons (Fsp3) is 0.0400. The van der Waals surface area contributed by atoms with Gasteiger partial charge in [0.2, 0.25) is 0 Å². The minimum atomic E-state index is -3.61. The van der Waals surface area contributed by atoms with Gasteiger partial charge in [-0.1, -0.05) is 40.9 Å². The van der Waals surface area contributed by atoms with Crippen molar-refractivity contribution in [2.45, 2.75) is 11.8 Å². The van der Waals surface area contributed by atoms with E-state index < -0.39 is 10.0 Å². The van der Waals surface area contributed by atoms with E-state index in [1.54, 1.807) is 60.9 Å². The van der Waals surface area contributed by atoms with E-state index in [1.807, 2.05) is 31.2 Å². The largest absolute Gasteiger partial charge is 0.399 e. The standard InChI is InChI=1S/C16H13ClN2O2S.C9H7ClN2/c1-11-2-5-14(6-3-11)22(20,21)19-13-4-7-15-12(10-13)8-9-18-16(15)17;10-9-8-2-1-7(11)5-6(8)3-4-12-9/h2-10,19H,1H3;1-5H,11H2. The van der Waals surface area contributed by atoms with E-state index in [1.165, 1.54) is 0 Å². The van der Waals surface area contributed by atoms with E-state index in [4.69, 9.17) is 28.9 Å². The average molecular weight is 511 g/mol. The van der Waals surface area contributed by atoms with Crippen molar-refractivity contribution in [3.63, 3.8) is 0 Å². The molecule has 172 valence electrons. The van der Waals surface area contributed by atoms with Crippen LogP contribution in [-0.4, -0.2) is 18.4 Å². The van der Waals surface area contributed by atoms with Crippen molar-refractivity contribution in [1.82, 2.24) is 9.97 Å². The van der Waals surface area contributed by atoms with Crippen LogP contribution in [0.3, 0.4) is 0 Å². The molecule has 0 amide bonds. The lowest BCUT2D eigenvalue weighted by Crippen LogP contribution is -2.12. The molecule has 2 heterocycles. The summed E-state index contributed by atoms with van der Waals surface area (Å²) in [6, 6.07) is 21.1. The number of aryl methyl sites for hydroxylation is 1. The highest BCUT2D eigenvalue weighted by Crippen LogP contribution is 2.26. The Hall–Kier alpha value is -3.39. The lowest BCUT2D eigenvalue weighted by atomic mass is 10.1. The van der Waals surface area contributed by atoms with Crippen molar-refractivity contribution < 1.29 is 8.42 Å². The van der Waals surface area contributed by atoms with Crippen LogP contribution in [0.25, 0.3) is 21.5 Å². The first kappa shape index (κ1) is 23.8. The summed E-state index contributed by atoms with van der Waals surface area (Å²) in [6.45, 7) is 1.91. The van der Waals surface area contributed by atoms with E-state index in [0.717, 1.165) is 32.8 Å². The van der Waals surface area contributed by atoms with Crippen LogP contribution in [0.15, 0.2) is 90.1 Å². The van der Waals surface area contributed by atoms with Gasteiger partial charge in [-0.15, -0.1) is 0 Å². The maximum Gasteiger partial charge on any atom is 0.261 e. The minimum absolute atomic E-state index is 0.228. The molecule has 9 heteroatoms. The number of pyridine rings is 2. The molecule has 0 radical (unpaired) electrons. The van der Waals surface area contributed by atoms with Crippen molar-refractivity contribution in [1.29, 1.82) is 0 Å². The minimum Gasteiger partial charge on any atom is -0.399 e. The van der Waals surface area contributed by atoms with Crippen LogP contribution in [0.2, 0.25) is 10.3 Å². The van der Waals surface area contributed by atoms with Gasteiger partial charge in [0, 0.05) is 34.5 Å². The molecule has 0 fully saturated rings. The first-order valence-electron chi connectivity index (χ1n) is 10.2. The summed E-state index contributed by atoms with van der Waals surface area (Å²) in [5, 5.41) is 4.48. The third-order valence-electron chi connectivity index (χ3n) is 5.04. The normalized spacial score (nSPS) is 11.1. The fourth-order valence-electron chi connectivity index (χ4n) is 3.30. The van der Waals surface area contributed by atoms with Gasteiger partial charge < -0.3 is 5.73 Å². The molecule has 5 rings (SSSR count). The predicted octanol–water partition coefficient (Wildman–Crippen LogP) is 6.47. The number of sulfonamides is 1. The molecule has 0 aliphatic heterocycles. The molecule has 5 aromatic rings. The van der Waals surface area contributed by atoms with Gasteiger partial charge in [-0.2, -0.15) is 0 Å². The van der Waals surface area contributed by atoms with Gasteiger partial charge in [0.15, 0.2) is 0 Å². The number of fused-ring (bicyclic) bond motifs is 2. The van der Waals surface area contributed by atoms with E-state index in [0.29, 0.717) is 16.0 Å². The molecule has 0 saturated heterocycles. The maximum absolute atomic E-state index is 12.4. The lowest BCUT2D eigenvalue weighted by molar-refractivity contribution is 0.601. The Morgan fingerprint density at radius 3 is 1.94 bits per heavy atom. The van der Waals surface area contributed by atoms with Crippen LogP contribution in [0.1, 0.15) is 5.56 Å². The molecule has 6 nitrogen and oxygen atoms in total. The van der Waals surface area contributed by atoms with Gasteiger partial charge in [-0.05, 0) is 78.4 Å². The summed E-state index contributed by atoms with van der Waals surface area (Å²) in [4.78, 5) is 8.18. The number of anilines is 2. The molecule has 3 aromatic carbocycles. The highest BCUT2D eigenvalue weighted by atomic mass is 35.5. The zero-order chi connectivity index (χ0) is 24.3. The van der Waals surface area contributed by atoms with Crippen LogP contribution in [0, 0.1) is 6.92 Å². The van der Waals surface area contributed by atoms with Crippen LogP contribution < -0.4 is 10.5 Å². The number of nitrogen functional groups attached to an aromatic ring is 1. The Labute approximate surface area is 207 Å². The second-order valence-corrected chi connectivity index (χ2v) is 9.94. The van der Waals surface area contributed by atoms with Crippen LogP contribution >= 0.6 is 23.2 Å². The number of nitrogens with zero attached hydrogens (tertiary/aromatic N) is 2. The zero-order valence-corrected chi connectivity index (χ0v) is 20.4. The molecular weight excluding hydrogens is 491 g/mol. The van der Waals surface area contributed by atoms with Crippen molar-refractivity contribution in [3.8, 4) is 0 Å². The fourth-order valence-corrected chi connectivity index (χ4v) is 4.80. The Kier molecular flexibility index (Phi) is 6.88. The first-order chi connectivity index (χ1) is 16.2. The molecule has 0 aliphatic rings. The maximum atomic E-state index is 12.4. The van der Waals surface area contributed by atoms with Crippen molar-refractivity contribution in [3.05, 3.63) is 101 Å². The Morgan fingerprint density at radius 1 is 0.765 bits per heavy atom. The molecular formula is C25H20Cl2N4O2S. The number of halogens is 2. The van der Waals surface area contributed by atoms with Gasteiger partial charge >= 0.3 is 0 Å². The van der Waals surface area contributed by atoms with Gasteiger partial charge in [0.1, 0.15) is 10.3 Å². The average Bonchev–Trinajstić information content (AvgIpc) is 2.80. The summed E-state index contributed by atoms with van der Waals surface area (Å²) < 4.78 is 27.3. The smallest absolute Gasteiger partial charge is 0.261 e. The quantitative estimate of drug-likeness (QED) is 0.214.